The van der Waals surface area contributed by atoms with Gasteiger partial charge in [0.1, 0.15) is 0 Å². The van der Waals surface area contributed by atoms with Gasteiger partial charge in [0.05, 0.1) is 18.1 Å². The highest BCUT2D eigenvalue weighted by molar-refractivity contribution is 5.83. The molecule has 0 unspecified atom stereocenters. The molecule has 5 rings (SSSR count). The number of fused-ring (bicyclic) bond motifs is 3. The van der Waals surface area contributed by atoms with E-state index in [4.69, 9.17) is 0 Å². The van der Waals surface area contributed by atoms with Gasteiger partial charge in [-0.25, -0.2) is 0 Å². The fourth-order valence-corrected chi connectivity index (χ4v) is 5.65. The lowest BCUT2D eigenvalue weighted by Crippen LogP contribution is -2.47. The van der Waals surface area contributed by atoms with Crippen LogP contribution in [0.5, 0.6) is 0 Å². The summed E-state index contributed by atoms with van der Waals surface area (Å²) in [6.45, 7) is 2.35. The number of hydrogen-bond acceptors (Lipinski definition) is 5. The number of aromatic nitrogens is 2. The van der Waals surface area contributed by atoms with Gasteiger partial charge in [0.25, 0.3) is 5.56 Å². The number of likely N-dealkylation sites (N-methyl/N-ethyl adjacent to an activating group) is 1. The fraction of sp³-hybridized carbons (Fsp3) is 0.346. The number of rotatable bonds is 5. The monoisotopic (exact) mass is 444 g/mol. The number of likely N-dealkylation sites (tertiary alicyclic amines) is 1. The Hall–Kier alpha value is -3.29. The van der Waals surface area contributed by atoms with Crippen LogP contribution in [0, 0.1) is 11.8 Å². The second-order valence-corrected chi connectivity index (χ2v) is 9.03. The molecule has 0 bridgehead atoms. The number of carbonyl (C=O) groups excluding carboxylic acids is 1. The van der Waals surface area contributed by atoms with Crippen molar-refractivity contribution in [3.05, 3.63) is 88.6 Å². The quantitative estimate of drug-likeness (QED) is 0.631. The van der Waals surface area contributed by atoms with Crippen molar-refractivity contribution in [1.82, 2.24) is 19.8 Å². The van der Waals surface area contributed by atoms with E-state index in [0.717, 1.165) is 16.8 Å². The van der Waals surface area contributed by atoms with E-state index < -0.39 is 6.04 Å². The van der Waals surface area contributed by atoms with Crippen LogP contribution in [0.3, 0.4) is 0 Å². The first-order valence-electron chi connectivity index (χ1n) is 11.3. The number of aliphatic hydroxyl groups is 1. The van der Waals surface area contributed by atoms with Crippen molar-refractivity contribution in [2.45, 2.75) is 31.6 Å². The molecule has 1 fully saturated rings. The zero-order chi connectivity index (χ0) is 23.1. The van der Waals surface area contributed by atoms with E-state index in [1.165, 1.54) is 0 Å². The van der Waals surface area contributed by atoms with Crippen molar-refractivity contribution in [1.29, 1.82) is 0 Å². The number of pyridine rings is 2. The van der Waals surface area contributed by atoms with Crippen LogP contribution < -0.4 is 10.9 Å². The molecule has 0 spiro atoms. The van der Waals surface area contributed by atoms with Crippen LogP contribution in [0.15, 0.2) is 71.8 Å². The maximum Gasteiger partial charge on any atom is 0.258 e. The number of hydrogen-bond donors (Lipinski definition) is 2. The highest BCUT2D eigenvalue weighted by Crippen LogP contribution is 2.48. The number of amides is 1. The molecule has 170 valence electrons. The van der Waals surface area contributed by atoms with E-state index in [1.807, 2.05) is 78.0 Å². The third-order valence-corrected chi connectivity index (χ3v) is 7.27. The molecular weight excluding hydrogens is 416 g/mol. The van der Waals surface area contributed by atoms with E-state index in [-0.39, 0.29) is 42.0 Å². The minimum absolute atomic E-state index is 0.0110. The lowest BCUT2D eigenvalue weighted by atomic mass is 9.88. The largest absolute Gasteiger partial charge is 0.396 e. The summed E-state index contributed by atoms with van der Waals surface area (Å²) in [5.74, 6) is -0.362. The molecule has 4 heterocycles. The van der Waals surface area contributed by atoms with Gasteiger partial charge in [-0.05, 0) is 49.4 Å². The van der Waals surface area contributed by atoms with Crippen LogP contribution in [0.1, 0.15) is 30.3 Å². The standard InChI is InChI=1S/C26H28N4O3/c1-16(17-6-4-3-5-7-17)28-25(32)24-21(15-31)20-14-30-22(23(20)29(24)2)9-8-19(26(30)33)18-10-12-27-13-11-18/h3-13,16,20-21,23-24,31H,14-15H2,1-2H3,(H,28,32)/t16-,20+,21+,23-,24+/m1/s1. The Morgan fingerprint density at radius 3 is 2.58 bits per heavy atom. The van der Waals surface area contributed by atoms with Crippen LogP contribution >= 0.6 is 0 Å². The zero-order valence-corrected chi connectivity index (χ0v) is 18.8. The average molecular weight is 445 g/mol. The summed E-state index contributed by atoms with van der Waals surface area (Å²) in [5.41, 5.74) is 3.36. The van der Waals surface area contributed by atoms with Crippen LogP contribution in [-0.2, 0) is 11.3 Å². The SMILES string of the molecule is C[C@@H](NC(=O)[C@@H]1[C@@H](CO)[C@@H]2Cn3c(ccc(-c4ccncc4)c3=O)[C@@H]2N1C)c1ccccc1. The molecule has 33 heavy (non-hydrogen) atoms. The average Bonchev–Trinajstić information content (AvgIpc) is 3.35. The Labute approximate surface area is 192 Å². The van der Waals surface area contributed by atoms with Crippen molar-refractivity contribution >= 4 is 5.91 Å². The first-order valence-corrected chi connectivity index (χ1v) is 11.3. The molecule has 2 N–H and O–H groups in total. The van der Waals surface area contributed by atoms with Crippen molar-refractivity contribution in [3.63, 3.8) is 0 Å². The molecule has 1 amide bonds. The predicted octanol–water partition coefficient (Wildman–Crippen LogP) is 2.38. The van der Waals surface area contributed by atoms with Crippen LogP contribution in [0.4, 0.5) is 0 Å². The van der Waals surface area contributed by atoms with Crippen molar-refractivity contribution in [2.24, 2.45) is 11.8 Å². The third kappa shape index (κ3) is 3.57. The first-order chi connectivity index (χ1) is 16.0. The summed E-state index contributed by atoms with van der Waals surface area (Å²) < 4.78 is 1.81. The molecule has 0 saturated carbocycles. The minimum atomic E-state index is -0.458. The van der Waals surface area contributed by atoms with E-state index in [1.54, 1.807) is 12.4 Å². The summed E-state index contributed by atoms with van der Waals surface area (Å²) in [6.07, 6.45) is 3.35. The Bertz CT molecular complexity index is 1210. The van der Waals surface area contributed by atoms with E-state index in [2.05, 4.69) is 10.3 Å². The third-order valence-electron chi connectivity index (χ3n) is 7.27. The Kier molecular flexibility index (Phi) is 5.60. The summed E-state index contributed by atoms with van der Waals surface area (Å²) in [4.78, 5) is 32.7. The highest BCUT2D eigenvalue weighted by Gasteiger charge is 2.54. The predicted molar refractivity (Wildman–Crippen MR) is 125 cm³/mol. The Morgan fingerprint density at radius 2 is 1.88 bits per heavy atom. The molecule has 3 aromatic rings. The van der Waals surface area contributed by atoms with Crippen LogP contribution in [0.25, 0.3) is 11.1 Å². The molecule has 2 aliphatic rings. The lowest BCUT2D eigenvalue weighted by molar-refractivity contribution is -0.127. The summed E-state index contributed by atoms with van der Waals surface area (Å²) in [6, 6.07) is 16.7. The first kappa shape index (κ1) is 21.6. The van der Waals surface area contributed by atoms with Gasteiger partial charge in [-0.2, -0.15) is 0 Å². The number of nitrogens with one attached hydrogen (secondary N) is 1. The molecule has 2 aromatic heterocycles. The van der Waals surface area contributed by atoms with Gasteiger partial charge in [-0.3, -0.25) is 19.5 Å². The molecule has 7 nitrogen and oxygen atoms in total. The van der Waals surface area contributed by atoms with Crippen LogP contribution in [0.2, 0.25) is 0 Å². The maximum absolute atomic E-state index is 13.3. The summed E-state index contributed by atoms with van der Waals surface area (Å²) >= 11 is 0. The van der Waals surface area contributed by atoms with E-state index in [9.17, 15) is 14.7 Å². The van der Waals surface area contributed by atoms with Gasteiger partial charge in [0.15, 0.2) is 0 Å². The van der Waals surface area contributed by atoms with Crippen molar-refractivity contribution < 1.29 is 9.90 Å². The van der Waals surface area contributed by atoms with Crippen molar-refractivity contribution in [2.75, 3.05) is 13.7 Å². The van der Waals surface area contributed by atoms with Gasteiger partial charge in [0, 0.05) is 48.6 Å². The number of benzene rings is 1. The minimum Gasteiger partial charge on any atom is -0.396 e. The van der Waals surface area contributed by atoms with Gasteiger partial charge < -0.3 is 15.0 Å². The van der Waals surface area contributed by atoms with Gasteiger partial charge in [0.2, 0.25) is 5.91 Å². The second-order valence-electron chi connectivity index (χ2n) is 9.03. The van der Waals surface area contributed by atoms with E-state index in [0.29, 0.717) is 12.1 Å². The maximum atomic E-state index is 13.3. The topological polar surface area (TPSA) is 87.5 Å². The fourth-order valence-electron chi connectivity index (χ4n) is 5.65. The molecule has 1 saturated heterocycles. The van der Waals surface area contributed by atoms with Crippen molar-refractivity contribution in [3.8, 4) is 11.1 Å². The second kappa shape index (κ2) is 8.57. The molecular formula is C26H28N4O3. The van der Waals surface area contributed by atoms with E-state index >= 15 is 0 Å². The van der Waals surface area contributed by atoms with Crippen LogP contribution in [-0.4, -0.2) is 45.2 Å². The normalized spacial score (nSPS) is 24.8. The molecule has 0 radical (unpaired) electrons. The van der Waals surface area contributed by atoms with Gasteiger partial charge >= 0.3 is 0 Å². The smallest absolute Gasteiger partial charge is 0.258 e. The lowest BCUT2D eigenvalue weighted by Gasteiger charge is -2.28. The summed E-state index contributed by atoms with van der Waals surface area (Å²) in [5, 5.41) is 13.4. The summed E-state index contributed by atoms with van der Waals surface area (Å²) in [7, 11) is 1.92. The molecule has 0 aliphatic carbocycles. The Balaban J connectivity index is 1.43. The zero-order valence-electron chi connectivity index (χ0n) is 18.8. The number of nitrogens with zero attached hydrogens (tertiary/aromatic N) is 3. The number of carbonyl (C=O) groups is 1. The highest BCUT2D eigenvalue weighted by atomic mass is 16.3. The Morgan fingerprint density at radius 1 is 1.15 bits per heavy atom. The molecule has 5 atom stereocenters. The molecule has 7 heteroatoms. The number of aliphatic hydroxyl groups excluding tert-OH is 1. The van der Waals surface area contributed by atoms with Gasteiger partial charge in [-0.1, -0.05) is 30.3 Å². The molecule has 2 aliphatic heterocycles. The molecule has 1 aromatic carbocycles. The van der Waals surface area contributed by atoms with Gasteiger partial charge in [-0.15, -0.1) is 0 Å².